The monoisotopic (exact) mass is 282 g/mol. The Kier molecular flexibility index (Phi) is 5.05. The molecule has 1 aliphatic heterocycles. The molecule has 2 rings (SSSR count). The first-order chi connectivity index (χ1) is 9.15. The van der Waals surface area contributed by atoms with Crippen molar-refractivity contribution in [2.45, 2.75) is 25.8 Å². The van der Waals surface area contributed by atoms with Crippen LogP contribution in [0.3, 0.4) is 0 Å². The van der Waals surface area contributed by atoms with E-state index in [-0.39, 0.29) is 18.6 Å². The molecule has 1 aliphatic rings. The minimum atomic E-state index is -0.0805. The summed E-state index contributed by atoms with van der Waals surface area (Å²) in [5.41, 5.74) is 0.930. The number of benzene rings is 1. The van der Waals surface area contributed by atoms with Crippen molar-refractivity contribution >= 4 is 17.5 Å². The molecule has 5 heteroatoms. The average Bonchev–Trinajstić information content (AvgIpc) is 2.39. The van der Waals surface area contributed by atoms with Crippen molar-refractivity contribution in [1.82, 2.24) is 10.6 Å². The maximum Gasteiger partial charge on any atom is 0.258 e. The second kappa shape index (κ2) is 6.78. The summed E-state index contributed by atoms with van der Waals surface area (Å²) in [5.74, 6) is 0.615. The van der Waals surface area contributed by atoms with Gasteiger partial charge in [-0.15, -0.1) is 0 Å². The Labute approximate surface area is 118 Å². The van der Waals surface area contributed by atoms with Gasteiger partial charge in [0, 0.05) is 17.6 Å². The molecule has 104 valence electrons. The van der Waals surface area contributed by atoms with Gasteiger partial charge in [-0.1, -0.05) is 11.6 Å². The van der Waals surface area contributed by atoms with Gasteiger partial charge in [-0.25, -0.2) is 0 Å². The first-order valence-electron chi connectivity index (χ1n) is 6.54. The fourth-order valence-electron chi connectivity index (χ4n) is 2.16. The molecule has 0 aliphatic carbocycles. The topological polar surface area (TPSA) is 50.4 Å². The van der Waals surface area contributed by atoms with E-state index in [0.29, 0.717) is 10.8 Å². The number of rotatable bonds is 4. The number of nitrogens with one attached hydrogen (secondary N) is 2. The Balaban J connectivity index is 1.79. The quantitative estimate of drug-likeness (QED) is 0.887. The van der Waals surface area contributed by atoms with Crippen molar-refractivity contribution < 1.29 is 9.53 Å². The second-order valence-corrected chi connectivity index (χ2v) is 5.25. The first-order valence-corrected chi connectivity index (χ1v) is 6.92. The molecule has 1 atom stereocenters. The van der Waals surface area contributed by atoms with Crippen LogP contribution in [-0.4, -0.2) is 31.6 Å². The van der Waals surface area contributed by atoms with Gasteiger partial charge >= 0.3 is 0 Å². The summed E-state index contributed by atoms with van der Waals surface area (Å²) in [6, 6.07) is 5.58. The number of hydrogen-bond acceptors (Lipinski definition) is 3. The third-order valence-electron chi connectivity index (χ3n) is 3.16. The summed E-state index contributed by atoms with van der Waals surface area (Å²) in [5, 5.41) is 6.90. The smallest absolute Gasteiger partial charge is 0.258 e. The number of aryl methyl sites for hydroxylation is 1. The fraction of sp³-hybridized carbons (Fsp3) is 0.500. The molecular formula is C14H19ClN2O2. The molecule has 1 unspecified atom stereocenters. The predicted molar refractivity (Wildman–Crippen MR) is 75.7 cm³/mol. The number of ether oxygens (including phenoxy) is 1. The average molecular weight is 283 g/mol. The van der Waals surface area contributed by atoms with Crippen LogP contribution in [0.25, 0.3) is 0 Å². The van der Waals surface area contributed by atoms with Gasteiger partial charge in [0.05, 0.1) is 0 Å². The Morgan fingerprint density at radius 1 is 1.58 bits per heavy atom. The minimum Gasteiger partial charge on any atom is -0.484 e. The Morgan fingerprint density at radius 3 is 3.11 bits per heavy atom. The number of carbonyl (C=O) groups excluding carboxylic acids is 1. The van der Waals surface area contributed by atoms with Crippen molar-refractivity contribution in [2.24, 2.45) is 0 Å². The van der Waals surface area contributed by atoms with E-state index in [2.05, 4.69) is 10.6 Å². The molecule has 4 nitrogen and oxygen atoms in total. The largest absolute Gasteiger partial charge is 0.484 e. The van der Waals surface area contributed by atoms with Gasteiger partial charge in [-0.2, -0.15) is 0 Å². The fourth-order valence-corrected chi connectivity index (χ4v) is 2.39. The van der Waals surface area contributed by atoms with Crippen LogP contribution in [0.2, 0.25) is 5.02 Å². The highest BCUT2D eigenvalue weighted by atomic mass is 35.5. The predicted octanol–water partition coefficient (Wildman–Crippen LogP) is 1.90. The lowest BCUT2D eigenvalue weighted by atomic mass is 10.1. The van der Waals surface area contributed by atoms with E-state index in [0.717, 1.165) is 31.5 Å². The molecule has 0 spiro atoms. The molecule has 2 N–H and O–H groups in total. The number of amides is 1. The molecule has 1 saturated heterocycles. The molecule has 1 heterocycles. The van der Waals surface area contributed by atoms with Gasteiger partial charge in [0.25, 0.3) is 5.91 Å². The van der Waals surface area contributed by atoms with Crippen molar-refractivity contribution in [3.63, 3.8) is 0 Å². The van der Waals surface area contributed by atoms with Gasteiger partial charge < -0.3 is 15.4 Å². The third kappa shape index (κ3) is 4.40. The zero-order valence-electron chi connectivity index (χ0n) is 11.0. The van der Waals surface area contributed by atoms with Crippen LogP contribution in [0.1, 0.15) is 18.4 Å². The van der Waals surface area contributed by atoms with E-state index in [1.54, 1.807) is 12.1 Å². The molecule has 0 aromatic heterocycles. The summed E-state index contributed by atoms with van der Waals surface area (Å²) in [6.45, 7) is 3.82. The highest BCUT2D eigenvalue weighted by molar-refractivity contribution is 6.30. The van der Waals surface area contributed by atoms with E-state index in [4.69, 9.17) is 16.3 Å². The van der Waals surface area contributed by atoms with Gasteiger partial charge in [0.2, 0.25) is 0 Å². The molecule has 0 saturated carbocycles. The van der Waals surface area contributed by atoms with E-state index >= 15 is 0 Å². The molecular weight excluding hydrogens is 264 g/mol. The number of carbonyl (C=O) groups is 1. The van der Waals surface area contributed by atoms with Gasteiger partial charge in [-0.3, -0.25) is 4.79 Å². The maximum absolute atomic E-state index is 11.8. The van der Waals surface area contributed by atoms with Crippen LogP contribution in [0, 0.1) is 6.92 Å². The van der Waals surface area contributed by atoms with Crippen LogP contribution in [0.5, 0.6) is 5.75 Å². The molecule has 1 amide bonds. The third-order valence-corrected chi connectivity index (χ3v) is 3.39. The van der Waals surface area contributed by atoms with Crippen LogP contribution in [-0.2, 0) is 4.79 Å². The second-order valence-electron chi connectivity index (χ2n) is 4.81. The number of hydrogen-bond donors (Lipinski definition) is 2. The zero-order valence-corrected chi connectivity index (χ0v) is 11.8. The lowest BCUT2D eigenvalue weighted by molar-refractivity contribution is -0.123. The van der Waals surface area contributed by atoms with E-state index < -0.39 is 0 Å². The van der Waals surface area contributed by atoms with Crippen molar-refractivity contribution in [1.29, 1.82) is 0 Å². The van der Waals surface area contributed by atoms with Crippen molar-refractivity contribution in [3.05, 3.63) is 28.8 Å². The molecule has 19 heavy (non-hydrogen) atoms. The highest BCUT2D eigenvalue weighted by Crippen LogP contribution is 2.21. The van der Waals surface area contributed by atoms with E-state index in [1.165, 1.54) is 0 Å². The summed E-state index contributed by atoms with van der Waals surface area (Å²) < 4.78 is 5.50. The SMILES string of the molecule is Cc1cc(Cl)ccc1OCC(=O)NC1CCCNC1. The summed E-state index contributed by atoms with van der Waals surface area (Å²) >= 11 is 5.87. The van der Waals surface area contributed by atoms with Crippen molar-refractivity contribution in [3.8, 4) is 5.75 Å². The van der Waals surface area contributed by atoms with Crippen LogP contribution < -0.4 is 15.4 Å². The van der Waals surface area contributed by atoms with Crippen LogP contribution in [0.15, 0.2) is 18.2 Å². The van der Waals surface area contributed by atoms with E-state index in [9.17, 15) is 4.79 Å². The number of halogens is 1. The Bertz CT molecular complexity index is 445. The Morgan fingerprint density at radius 2 is 2.42 bits per heavy atom. The van der Waals surface area contributed by atoms with Gasteiger partial charge in [0.15, 0.2) is 6.61 Å². The van der Waals surface area contributed by atoms with Gasteiger partial charge in [0.1, 0.15) is 5.75 Å². The Hall–Kier alpha value is -1.26. The first kappa shape index (κ1) is 14.2. The summed E-state index contributed by atoms with van der Waals surface area (Å²) in [4.78, 5) is 11.8. The lowest BCUT2D eigenvalue weighted by Gasteiger charge is -2.23. The molecule has 0 bridgehead atoms. The lowest BCUT2D eigenvalue weighted by Crippen LogP contribution is -2.47. The van der Waals surface area contributed by atoms with Crippen LogP contribution >= 0.6 is 11.6 Å². The van der Waals surface area contributed by atoms with Gasteiger partial charge in [-0.05, 0) is 50.1 Å². The zero-order chi connectivity index (χ0) is 13.7. The highest BCUT2D eigenvalue weighted by Gasteiger charge is 2.15. The van der Waals surface area contributed by atoms with E-state index in [1.807, 2.05) is 13.0 Å². The molecule has 1 aromatic rings. The summed E-state index contributed by atoms with van der Waals surface area (Å²) in [7, 11) is 0. The molecule has 1 fully saturated rings. The standard InChI is InChI=1S/C14H19ClN2O2/c1-10-7-11(15)4-5-13(10)19-9-14(18)17-12-3-2-6-16-8-12/h4-5,7,12,16H,2-3,6,8-9H2,1H3,(H,17,18). The van der Waals surface area contributed by atoms with Crippen molar-refractivity contribution in [2.75, 3.05) is 19.7 Å². The molecule has 1 aromatic carbocycles. The molecule has 0 radical (unpaired) electrons. The summed E-state index contributed by atoms with van der Waals surface area (Å²) in [6.07, 6.45) is 2.13. The minimum absolute atomic E-state index is 0.0406. The van der Waals surface area contributed by atoms with Crippen LogP contribution in [0.4, 0.5) is 0 Å². The normalized spacial score (nSPS) is 18.9. The maximum atomic E-state index is 11.8. The number of piperidine rings is 1.